The van der Waals surface area contributed by atoms with E-state index in [1.807, 2.05) is 6.92 Å². The molecule has 0 saturated heterocycles. The van der Waals surface area contributed by atoms with E-state index in [2.05, 4.69) is 29.4 Å². The second-order valence-electron chi connectivity index (χ2n) is 14.8. The van der Waals surface area contributed by atoms with Crippen LogP contribution in [0.15, 0.2) is 85.2 Å². The summed E-state index contributed by atoms with van der Waals surface area (Å²) in [5, 5.41) is 10.4. The predicted octanol–water partition coefficient (Wildman–Crippen LogP) is 11.2. The molecule has 2 fully saturated rings. The Labute approximate surface area is 359 Å². The van der Waals surface area contributed by atoms with Crippen LogP contribution < -0.4 is 14.2 Å². The third-order valence-corrected chi connectivity index (χ3v) is 10.5. The lowest BCUT2D eigenvalue weighted by atomic mass is 10.0. The van der Waals surface area contributed by atoms with Crippen LogP contribution in [-0.4, -0.2) is 61.5 Å². The highest BCUT2D eigenvalue weighted by molar-refractivity contribution is 6.34. The second kappa shape index (κ2) is 19.6. The van der Waals surface area contributed by atoms with E-state index in [1.54, 1.807) is 55.7 Å². The lowest BCUT2D eigenvalue weighted by Crippen LogP contribution is -2.22. The number of carbonyl (C=O) groups excluding carboxylic acids is 2. The van der Waals surface area contributed by atoms with E-state index in [4.69, 9.17) is 21.4 Å². The van der Waals surface area contributed by atoms with Gasteiger partial charge in [-0.3, -0.25) is 19.6 Å². The molecule has 6 aromatic rings. The number of ketones is 2. The van der Waals surface area contributed by atoms with Crippen LogP contribution in [0.3, 0.4) is 0 Å². The number of alkyl halides is 6. The summed E-state index contributed by atoms with van der Waals surface area (Å²) >= 11 is 6.05. The van der Waals surface area contributed by atoms with Gasteiger partial charge in [-0.1, -0.05) is 11.6 Å². The molecule has 0 bridgehead atoms. The Bertz CT molecular complexity index is 2610. The highest BCUT2D eigenvalue weighted by atomic mass is 35.5. The fourth-order valence-corrected chi connectivity index (χ4v) is 7.22. The Balaban J connectivity index is 0.000000180. The number of nitrogens with zero attached hydrogens (tertiary/aromatic N) is 4. The Kier molecular flexibility index (Phi) is 14.4. The zero-order valence-electron chi connectivity index (χ0n) is 33.3. The lowest BCUT2D eigenvalue weighted by Gasteiger charge is -2.21. The molecule has 4 aromatic heterocycles. The van der Waals surface area contributed by atoms with Crippen molar-refractivity contribution >= 4 is 45.0 Å². The summed E-state index contributed by atoms with van der Waals surface area (Å²) in [6, 6.07) is 16.2. The van der Waals surface area contributed by atoms with E-state index >= 15 is 0 Å². The van der Waals surface area contributed by atoms with Crippen LogP contribution in [0.25, 0.3) is 44.3 Å². The minimum absolute atomic E-state index is 0.0703. The van der Waals surface area contributed by atoms with Crippen molar-refractivity contribution in [2.75, 3.05) is 0 Å². The van der Waals surface area contributed by atoms with E-state index in [-0.39, 0.29) is 57.7 Å². The van der Waals surface area contributed by atoms with Gasteiger partial charge in [0.05, 0.1) is 33.9 Å². The molecule has 4 heterocycles. The average molecular weight is 905 g/mol. The van der Waals surface area contributed by atoms with Gasteiger partial charge in [-0.15, -0.1) is 26.3 Å². The summed E-state index contributed by atoms with van der Waals surface area (Å²) in [6.07, 6.45) is -3.52. The maximum absolute atomic E-state index is 14.2. The first-order valence-corrected chi connectivity index (χ1v) is 19.8. The lowest BCUT2D eigenvalue weighted by molar-refractivity contribution is -0.276. The predicted molar refractivity (Wildman–Crippen MR) is 215 cm³/mol. The average Bonchev–Trinajstić information content (AvgIpc) is 3.87. The molecule has 2 aliphatic rings. The van der Waals surface area contributed by atoms with Crippen molar-refractivity contribution < 1.29 is 64.0 Å². The number of aromatic nitrogens is 4. The van der Waals surface area contributed by atoms with Gasteiger partial charge >= 0.3 is 12.7 Å². The van der Waals surface area contributed by atoms with Crippen molar-refractivity contribution in [3.05, 3.63) is 102 Å². The molecule has 2 aromatic carbocycles. The number of hydrogen-bond donors (Lipinski definition) is 1. The van der Waals surface area contributed by atoms with Gasteiger partial charge in [-0.05, 0) is 105 Å². The molecule has 332 valence electrons. The molecule has 0 unspecified atom stereocenters. The zero-order chi connectivity index (χ0) is 45.6. The summed E-state index contributed by atoms with van der Waals surface area (Å²) in [6.45, 7) is 3.62. The molecule has 10 nitrogen and oxygen atoms in total. The van der Waals surface area contributed by atoms with Gasteiger partial charge in [0.2, 0.25) is 5.88 Å². The molecule has 8 rings (SSSR count). The third kappa shape index (κ3) is 12.6. The minimum atomic E-state index is -4.99. The number of aliphatic hydroxyl groups excluding tert-OH is 1. The van der Waals surface area contributed by atoms with Crippen LogP contribution in [0, 0.1) is 23.5 Å². The van der Waals surface area contributed by atoms with Crippen LogP contribution in [0.2, 0.25) is 5.15 Å². The number of pyridine rings is 4. The monoisotopic (exact) mass is 904 g/mol. The number of benzene rings is 2. The number of aliphatic hydroxyl groups is 1. The summed E-state index contributed by atoms with van der Waals surface area (Å²) < 4.78 is 115. The van der Waals surface area contributed by atoms with Gasteiger partial charge in [0, 0.05) is 60.5 Å². The number of carbonyl (C=O) groups is 2. The standard InChI is InChI=1S/C22H18F4N2O3.C15H7ClF4N2O.C7H12O2/c1-12(13-4-6-15(29)9-13)30-21-16-3-2-8-27-19(16)11-18(28-21)14-5-7-20(17(23)10-14)31-22(24,25)26;16-14-9-2-1-5-21-12(9)7-11(22-14)8-3-4-13(10(17)6-8)23-15(18,19)20;1-5(8)6-2-3-7(9)4-6/h2-3,5,7-8,10-13H,4,6,9H2,1H3;1-7H;5-6,8H,2-4H2,1H3/t12-,13+;;5-,6+/m1.1/s1. The molecule has 0 aliphatic heterocycles. The Morgan fingerprint density at radius 2 is 1.16 bits per heavy atom. The minimum Gasteiger partial charge on any atom is -0.474 e. The first kappa shape index (κ1) is 46.5. The largest absolute Gasteiger partial charge is 0.573 e. The topological polar surface area (TPSA) is 134 Å². The first-order valence-electron chi connectivity index (χ1n) is 19.4. The number of halogens is 9. The Morgan fingerprint density at radius 1 is 0.683 bits per heavy atom. The molecule has 0 spiro atoms. The summed E-state index contributed by atoms with van der Waals surface area (Å²) in [7, 11) is 0. The van der Waals surface area contributed by atoms with Crippen molar-refractivity contribution in [3.8, 4) is 39.9 Å². The van der Waals surface area contributed by atoms with Crippen LogP contribution in [0.5, 0.6) is 17.4 Å². The maximum Gasteiger partial charge on any atom is 0.573 e. The molecule has 19 heteroatoms. The fraction of sp³-hybridized carbons (Fsp3) is 0.318. The maximum atomic E-state index is 14.2. The van der Waals surface area contributed by atoms with Gasteiger partial charge in [0.15, 0.2) is 23.1 Å². The molecule has 4 atom stereocenters. The second-order valence-corrected chi connectivity index (χ2v) is 15.1. The Morgan fingerprint density at radius 3 is 1.60 bits per heavy atom. The quantitative estimate of drug-likeness (QED) is 0.116. The van der Waals surface area contributed by atoms with Crippen molar-refractivity contribution in [2.24, 2.45) is 11.8 Å². The van der Waals surface area contributed by atoms with E-state index in [9.17, 15) is 44.7 Å². The highest BCUT2D eigenvalue weighted by Crippen LogP contribution is 2.35. The van der Waals surface area contributed by atoms with Crippen molar-refractivity contribution in [1.82, 2.24) is 19.9 Å². The first-order chi connectivity index (χ1) is 29.7. The van der Waals surface area contributed by atoms with Crippen LogP contribution in [-0.2, 0) is 9.59 Å². The number of ether oxygens (including phenoxy) is 3. The summed E-state index contributed by atoms with van der Waals surface area (Å²) in [5.74, 6) is -3.07. The molecule has 0 amide bonds. The van der Waals surface area contributed by atoms with E-state index in [0.29, 0.717) is 59.0 Å². The van der Waals surface area contributed by atoms with Gasteiger partial charge in [-0.25, -0.2) is 18.7 Å². The number of fused-ring (bicyclic) bond motifs is 2. The van der Waals surface area contributed by atoms with E-state index in [1.165, 1.54) is 12.1 Å². The van der Waals surface area contributed by atoms with E-state index < -0.39 is 35.9 Å². The normalized spacial score (nSPS) is 17.4. The van der Waals surface area contributed by atoms with Gasteiger partial charge in [0.1, 0.15) is 22.8 Å². The van der Waals surface area contributed by atoms with E-state index in [0.717, 1.165) is 37.1 Å². The zero-order valence-corrected chi connectivity index (χ0v) is 34.1. The fourth-order valence-electron chi connectivity index (χ4n) is 6.97. The molecule has 2 aliphatic carbocycles. The van der Waals surface area contributed by atoms with Crippen LogP contribution in [0.1, 0.15) is 52.4 Å². The van der Waals surface area contributed by atoms with Crippen molar-refractivity contribution in [1.29, 1.82) is 0 Å². The van der Waals surface area contributed by atoms with Crippen LogP contribution >= 0.6 is 11.6 Å². The highest BCUT2D eigenvalue weighted by Gasteiger charge is 2.34. The number of Topliss-reactive ketones (excluding diaryl/α,β-unsaturated/α-hetero) is 2. The van der Waals surface area contributed by atoms with Crippen LogP contribution in [0.4, 0.5) is 35.1 Å². The van der Waals surface area contributed by atoms with Gasteiger partial charge in [0.25, 0.3) is 0 Å². The number of hydrogen-bond acceptors (Lipinski definition) is 10. The molecular weight excluding hydrogens is 868 g/mol. The number of rotatable bonds is 8. The smallest absolute Gasteiger partial charge is 0.474 e. The summed E-state index contributed by atoms with van der Waals surface area (Å²) in [5.41, 5.74) is 2.15. The molecule has 63 heavy (non-hydrogen) atoms. The van der Waals surface area contributed by atoms with Crippen molar-refractivity contribution in [2.45, 2.75) is 77.3 Å². The van der Waals surface area contributed by atoms with Crippen molar-refractivity contribution in [3.63, 3.8) is 0 Å². The summed E-state index contributed by atoms with van der Waals surface area (Å²) in [4.78, 5) is 39.3. The Hall–Kier alpha value is -6.01. The molecule has 0 radical (unpaired) electrons. The molecule has 1 N–H and O–H groups in total. The van der Waals surface area contributed by atoms with Gasteiger partial charge < -0.3 is 19.3 Å². The molecule has 2 saturated carbocycles. The molecular formula is C44H37ClF8N4O6. The van der Waals surface area contributed by atoms with Gasteiger partial charge in [-0.2, -0.15) is 0 Å². The third-order valence-electron chi connectivity index (χ3n) is 10.2. The SMILES string of the molecule is C[C@@H](O)[C@H]1CCC(=O)C1.C[C@@H](Oc1nc(-c2ccc(OC(F)(F)F)c(F)c2)cc2ncccc12)[C@H]1CCC(=O)C1.Fc1cc(-c2cc3ncccc3c(Cl)n2)ccc1OC(F)(F)F.